The molecule has 7 heteroatoms. The van der Waals surface area contributed by atoms with Crippen LogP contribution in [0.2, 0.25) is 0 Å². The highest BCUT2D eigenvalue weighted by Crippen LogP contribution is 2.24. The van der Waals surface area contributed by atoms with Crippen LogP contribution in [0.25, 0.3) is 0 Å². The van der Waals surface area contributed by atoms with Crippen LogP contribution in [-0.4, -0.2) is 31.1 Å². The van der Waals surface area contributed by atoms with Crippen molar-refractivity contribution in [2.75, 3.05) is 24.9 Å². The number of nitrogens with one attached hydrogen (secondary N) is 2. The third kappa shape index (κ3) is 4.45. The minimum Gasteiger partial charge on any atom is -0.495 e. The van der Waals surface area contributed by atoms with Crippen molar-refractivity contribution < 1.29 is 19.1 Å². The van der Waals surface area contributed by atoms with E-state index in [1.165, 1.54) is 7.11 Å². The highest BCUT2D eigenvalue weighted by molar-refractivity contribution is 6.03. The van der Waals surface area contributed by atoms with Gasteiger partial charge in [-0.25, -0.2) is 9.78 Å². The molecule has 3 rings (SSSR count). The van der Waals surface area contributed by atoms with E-state index < -0.39 is 5.97 Å². The summed E-state index contributed by atoms with van der Waals surface area (Å²) in [6.45, 7) is 0. The molecule has 0 saturated carbocycles. The topological polar surface area (TPSA) is 89.5 Å². The molecule has 1 amide bonds. The zero-order valence-electron chi connectivity index (χ0n) is 15.4. The number of hydrogen-bond donors (Lipinski definition) is 2. The van der Waals surface area contributed by atoms with Gasteiger partial charge in [0.1, 0.15) is 11.4 Å². The molecule has 1 heterocycles. The van der Waals surface area contributed by atoms with Crippen LogP contribution in [0.5, 0.6) is 5.75 Å². The second-order valence-corrected chi connectivity index (χ2v) is 5.78. The molecule has 0 aliphatic carbocycles. The molecule has 2 N–H and O–H groups in total. The van der Waals surface area contributed by atoms with Crippen LogP contribution in [-0.2, 0) is 4.74 Å². The van der Waals surface area contributed by atoms with E-state index in [0.717, 1.165) is 0 Å². The summed E-state index contributed by atoms with van der Waals surface area (Å²) in [7, 11) is 2.88. The van der Waals surface area contributed by atoms with Gasteiger partial charge in [-0.3, -0.25) is 4.79 Å². The molecular formula is C21H19N3O4. The first kappa shape index (κ1) is 18.9. The Morgan fingerprint density at radius 3 is 2.46 bits per heavy atom. The normalized spacial score (nSPS) is 10.1. The average molecular weight is 377 g/mol. The molecule has 1 aromatic heterocycles. The maximum absolute atomic E-state index is 12.4. The summed E-state index contributed by atoms with van der Waals surface area (Å²) in [5.74, 6) is -0.187. The van der Waals surface area contributed by atoms with Crippen LogP contribution >= 0.6 is 0 Å². The Kier molecular flexibility index (Phi) is 5.86. The number of pyridine rings is 1. The number of esters is 1. The van der Waals surface area contributed by atoms with Gasteiger partial charge in [-0.15, -0.1) is 0 Å². The van der Waals surface area contributed by atoms with Gasteiger partial charge in [0.05, 0.1) is 37.4 Å². The van der Waals surface area contributed by atoms with Crippen LogP contribution in [0.4, 0.5) is 17.1 Å². The zero-order chi connectivity index (χ0) is 19.9. The largest absolute Gasteiger partial charge is 0.495 e. The van der Waals surface area contributed by atoms with Gasteiger partial charge >= 0.3 is 5.97 Å². The van der Waals surface area contributed by atoms with E-state index in [1.54, 1.807) is 61.8 Å². The molecule has 0 aliphatic rings. The van der Waals surface area contributed by atoms with Crippen molar-refractivity contribution in [1.29, 1.82) is 0 Å². The lowest BCUT2D eigenvalue weighted by molar-refractivity contribution is 0.0600. The molecule has 0 radical (unpaired) electrons. The summed E-state index contributed by atoms with van der Waals surface area (Å²) in [5.41, 5.74) is 2.65. The molecule has 2 aromatic carbocycles. The first-order valence-corrected chi connectivity index (χ1v) is 8.46. The van der Waals surface area contributed by atoms with Crippen LogP contribution in [0.15, 0.2) is 66.9 Å². The number of carbonyl (C=O) groups is 2. The third-order valence-corrected chi connectivity index (χ3v) is 3.92. The van der Waals surface area contributed by atoms with E-state index >= 15 is 0 Å². The quantitative estimate of drug-likeness (QED) is 0.634. The molecule has 0 atom stereocenters. The zero-order valence-corrected chi connectivity index (χ0v) is 15.4. The molecule has 0 aliphatic heterocycles. The number of methoxy groups -OCH3 is 2. The van der Waals surface area contributed by atoms with Gasteiger partial charge in [-0.1, -0.05) is 18.2 Å². The van der Waals surface area contributed by atoms with E-state index in [4.69, 9.17) is 9.47 Å². The van der Waals surface area contributed by atoms with Gasteiger partial charge in [0, 0.05) is 5.69 Å². The second-order valence-electron chi connectivity index (χ2n) is 5.78. The number of nitrogens with zero attached hydrogens (tertiary/aromatic N) is 1. The standard InChI is InChI=1S/C21H19N3O4/c1-27-19-9-4-3-8-17(19)24-20(25)18-11-10-16(13-22-18)23-15-7-5-6-14(12-15)21(26)28-2/h3-13,23H,1-2H3,(H,24,25). The summed E-state index contributed by atoms with van der Waals surface area (Å²) in [6.07, 6.45) is 1.54. The lowest BCUT2D eigenvalue weighted by Crippen LogP contribution is -2.14. The van der Waals surface area contributed by atoms with Gasteiger partial charge in [-0.05, 0) is 42.5 Å². The Morgan fingerprint density at radius 1 is 0.929 bits per heavy atom. The lowest BCUT2D eigenvalue weighted by Gasteiger charge is -2.10. The summed E-state index contributed by atoms with van der Waals surface area (Å²) < 4.78 is 9.94. The molecule has 7 nitrogen and oxygen atoms in total. The molecule has 0 unspecified atom stereocenters. The van der Waals surface area contributed by atoms with Gasteiger partial charge in [0.15, 0.2) is 0 Å². The summed E-state index contributed by atoms with van der Waals surface area (Å²) >= 11 is 0. The maximum Gasteiger partial charge on any atom is 0.337 e. The number of aromatic nitrogens is 1. The van der Waals surface area contributed by atoms with Gasteiger partial charge < -0.3 is 20.1 Å². The molecule has 0 saturated heterocycles. The smallest absolute Gasteiger partial charge is 0.337 e. The molecule has 142 valence electrons. The Labute approximate surface area is 162 Å². The van der Waals surface area contributed by atoms with Crippen molar-refractivity contribution >= 4 is 28.9 Å². The first-order chi connectivity index (χ1) is 13.6. The number of para-hydroxylation sites is 2. The SMILES string of the molecule is COC(=O)c1cccc(Nc2ccc(C(=O)Nc3ccccc3OC)nc2)c1. The predicted octanol–water partition coefficient (Wildman–Crippen LogP) is 3.87. The van der Waals surface area contributed by atoms with Gasteiger partial charge in [0.25, 0.3) is 5.91 Å². The molecule has 28 heavy (non-hydrogen) atoms. The molecular weight excluding hydrogens is 358 g/mol. The lowest BCUT2D eigenvalue weighted by atomic mass is 10.2. The maximum atomic E-state index is 12.4. The van der Waals surface area contributed by atoms with Gasteiger partial charge in [-0.2, -0.15) is 0 Å². The van der Waals surface area contributed by atoms with Crippen molar-refractivity contribution in [3.8, 4) is 5.75 Å². The highest BCUT2D eigenvalue weighted by atomic mass is 16.5. The number of benzene rings is 2. The first-order valence-electron chi connectivity index (χ1n) is 8.46. The molecule has 0 bridgehead atoms. The second kappa shape index (κ2) is 8.68. The fourth-order valence-corrected chi connectivity index (χ4v) is 2.54. The minimum atomic E-state index is -0.412. The Hall–Kier alpha value is -3.87. The van der Waals surface area contributed by atoms with Crippen LogP contribution in [0.3, 0.4) is 0 Å². The highest BCUT2D eigenvalue weighted by Gasteiger charge is 2.11. The molecule has 3 aromatic rings. The van der Waals surface area contributed by atoms with E-state index in [0.29, 0.717) is 28.4 Å². The number of carbonyl (C=O) groups excluding carboxylic acids is 2. The average Bonchev–Trinajstić information content (AvgIpc) is 2.74. The van der Waals surface area contributed by atoms with Crippen molar-refractivity contribution in [3.05, 3.63) is 78.1 Å². The van der Waals surface area contributed by atoms with E-state index in [-0.39, 0.29) is 11.6 Å². The van der Waals surface area contributed by atoms with E-state index in [1.807, 2.05) is 12.1 Å². The Bertz CT molecular complexity index is 987. The van der Waals surface area contributed by atoms with Crippen LogP contribution < -0.4 is 15.4 Å². The number of amides is 1. The molecule has 0 spiro atoms. The van der Waals surface area contributed by atoms with Crippen molar-refractivity contribution in [2.24, 2.45) is 0 Å². The monoisotopic (exact) mass is 377 g/mol. The van der Waals surface area contributed by atoms with Crippen LogP contribution in [0.1, 0.15) is 20.8 Å². The third-order valence-electron chi connectivity index (χ3n) is 3.92. The number of ether oxygens (including phenoxy) is 2. The summed E-state index contributed by atoms with van der Waals surface area (Å²) in [5, 5.41) is 5.91. The number of hydrogen-bond acceptors (Lipinski definition) is 6. The number of rotatable bonds is 6. The van der Waals surface area contributed by atoms with Crippen molar-refractivity contribution in [1.82, 2.24) is 4.98 Å². The number of anilines is 3. The van der Waals surface area contributed by atoms with Gasteiger partial charge in [0.2, 0.25) is 0 Å². The predicted molar refractivity (Wildman–Crippen MR) is 106 cm³/mol. The van der Waals surface area contributed by atoms with Crippen LogP contribution in [0, 0.1) is 0 Å². The van der Waals surface area contributed by atoms with E-state index in [9.17, 15) is 9.59 Å². The fraction of sp³-hybridized carbons (Fsp3) is 0.0952. The van der Waals surface area contributed by atoms with Crippen molar-refractivity contribution in [3.63, 3.8) is 0 Å². The Balaban J connectivity index is 1.70. The van der Waals surface area contributed by atoms with E-state index in [2.05, 4.69) is 15.6 Å². The Morgan fingerprint density at radius 2 is 1.75 bits per heavy atom. The summed E-state index contributed by atoms with van der Waals surface area (Å²) in [4.78, 5) is 28.2. The molecule has 0 fully saturated rings. The summed E-state index contributed by atoms with van der Waals surface area (Å²) in [6, 6.07) is 17.4. The van der Waals surface area contributed by atoms with Crippen molar-refractivity contribution in [2.45, 2.75) is 0 Å². The fourth-order valence-electron chi connectivity index (χ4n) is 2.54. The minimum absolute atomic E-state index is 0.264.